The van der Waals surface area contributed by atoms with E-state index in [2.05, 4.69) is 10.6 Å². The molecule has 6 nitrogen and oxygen atoms in total. The van der Waals surface area contributed by atoms with Gasteiger partial charge in [0.15, 0.2) is 0 Å². The molecule has 0 fully saturated rings. The lowest BCUT2D eigenvalue weighted by atomic mass is 10.2. The maximum absolute atomic E-state index is 11.3. The van der Waals surface area contributed by atoms with Crippen LogP contribution in [0.2, 0.25) is 0 Å². The van der Waals surface area contributed by atoms with Crippen molar-refractivity contribution in [3.05, 3.63) is 0 Å². The van der Waals surface area contributed by atoms with Crippen LogP contribution >= 0.6 is 0 Å². The van der Waals surface area contributed by atoms with Crippen LogP contribution in [0.3, 0.4) is 0 Å². The van der Waals surface area contributed by atoms with Crippen LogP contribution in [0, 0.1) is 0 Å². The van der Waals surface area contributed by atoms with Crippen molar-refractivity contribution in [1.82, 2.24) is 10.6 Å². The molecule has 0 radical (unpaired) electrons. The largest absolute Gasteiger partial charge is 0.480 e. The highest BCUT2D eigenvalue weighted by atomic mass is 16.5. The van der Waals surface area contributed by atoms with Crippen LogP contribution in [0.15, 0.2) is 0 Å². The van der Waals surface area contributed by atoms with Gasteiger partial charge in [-0.2, -0.15) is 0 Å². The molecule has 0 saturated carbocycles. The van der Waals surface area contributed by atoms with Crippen LogP contribution in [0.4, 0.5) is 4.79 Å². The van der Waals surface area contributed by atoms with E-state index in [1.807, 2.05) is 6.92 Å². The second-order valence-electron chi connectivity index (χ2n) is 3.24. The predicted molar refractivity (Wildman–Crippen MR) is 54.7 cm³/mol. The number of rotatable bonds is 6. The van der Waals surface area contributed by atoms with Gasteiger partial charge in [0.2, 0.25) is 0 Å². The van der Waals surface area contributed by atoms with Gasteiger partial charge >= 0.3 is 12.0 Å². The van der Waals surface area contributed by atoms with Gasteiger partial charge in [0.1, 0.15) is 6.04 Å². The summed E-state index contributed by atoms with van der Waals surface area (Å²) in [6, 6.07) is -1.49. The number of methoxy groups -OCH3 is 1. The van der Waals surface area contributed by atoms with E-state index in [9.17, 15) is 9.59 Å². The van der Waals surface area contributed by atoms with Crippen molar-refractivity contribution < 1.29 is 19.4 Å². The summed E-state index contributed by atoms with van der Waals surface area (Å²) >= 11 is 0. The van der Waals surface area contributed by atoms with E-state index in [0.717, 1.165) is 6.42 Å². The van der Waals surface area contributed by atoms with Gasteiger partial charge in [-0.15, -0.1) is 0 Å². The quantitative estimate of drug-likeness (QED) is 0.593. The van der Waals surface area contributed by atoms with Crippen LogP contribution in [-0.4, -0.2) is 42.9 Å². The van der Waals surface area contributed by atoms with Gasteiger partial charge in [-0.05, 0) is 13.3 Å². The van der Waals surface area contributed by atoms with E-state index < -0.39 is 18.0 Å². The van der Waals surface area contributed by atoms with Crippen LogP contribution in [0.5, 0.6) is 0 Å². The van der Waals surface area contributed by atoms with Gasteiger partial charge in [0, 0.05) is 7.11 Å². The average Bonchev–Trinajstić information content (AvgIpc) is 2.16. The Kier molecular flexibility index (Phi) is 6.44. The normalized spacial score (nSPS) is 14.1. The third kappa shape index (κ3) is 5.90. The van der Waals surface area contributed by atoms with E-state index in [1.165, 1.54) is 6.92 Å². The minimum atomic E-state index is -1.06. The highest BCUT2D eigenvalue weighted by molar-refractivity contribution is 5.82. The smallest absolute Gasteiger partial charge is 0.325 e. The zero-order chi connectivity index (χ0) is 11.8. The molecule has 1 unspecified atom stereocenters. The lowest BCUT2D eigenvalue weighted by molar-refractivity contribution is -0.138. The molecule has 2 amide bonds. The van der Waals surface area contributed by atoms with Crippen molar-refractivity contribution in [1.29, 1.82) is 0 Å². The summed E-state index contributed by atoms with van der Waals surface area (Å²) in [5.41, 5.74) is 0. The highest BCUT2D eigenvalue weighted by Gasteiger charge is 2.15. The Balaban J connectivity index is 3.95. The summed E-state index contributed by atoms with van der Waals surface area (Å²) in [4.78, 5) is 21.7. The summed E-state index contributed by atoms with van der Waals surface area (Å²) in [6.45, 7) is 3.72. The number of carbonyl (C=O) groups excluding carboxylic acids is 1. The second kappa shape index (κ2) is 7.05. The van der Waals surface area contributed by atoms with Gasteiger partial charge in [0.25, 0.3) is 0 Å². The first-order valence-corrected chi connectivity index (χ1v) is 4.80. The Morgan fingerprint density at radius 1 is 1.40 bits per heavy atom. The third-order valence-corrected chi connectivity index (χ3v) is 1.91. The molecule has 0 aliphatic heterocycles. The van der Waals surface area contributed by atoms with E-state index in [1.54, 1.807) is 7.11 Å². The molecular formula is C9H18N2O4. The van der Waals surface area contributed by atoms with Crippen LogP contribution in [0.25, 0.3) is 0 Å². The predicted octanol–water partition coefficient (Wildman–Crippen LogP) is 0.184. The Bertz CT molecular complexity index is 220. The van der Waals surface area contributed by atoms with Crippen molar-refractivity contribution in [3.63, 3.8) is 0 Å². The summed E-state index contributed by atoms with van der Waals surface area (Å²) in [7, 11) is 1.54. The van der Waals surface area contributed by atoms with Crippen molar-refractivity contribution in [2.75, 3.05) is 13.7 Å². The van der Waals surface area contributed by atoms with Crippen molar-refractivity contribution >= 4 is 12.0 Å². The first kappa shape index (κ1) is 13.7. The SMILES string of the molecule is CCC(COC)NC(=O)N[C@H](C)C(=O)O. The zero-order valence-electron chi connectivity index (χ0n) is 9.24. The molecule has 0 aliphatic carbocycles. The number of amides is 2. The molecule has 6 heteroatoms. The van der Waals surface area contributed by atoms with Gasteiger partial charge < -0.3 is 20.5 Å². The van der Waals surface area contributed by atoms with Crippen molar-refractivity contribution in [2.24, 2.45) is 0 Å². The molecule has 0 heterocycles. The molecule has 3 N–H and O–H groups in total. The van der Waals surface area contributed by atoms with E-state index in [0.29, 0.717) is 6.61 Å². The molecule has 0 rings (SSSR count). The van der Waals surface area contributed by atoms with Crippen LogP contribution in [0.1, 0.15) is 20.3 Å². The molecule has 2 atom stereocenters. The van der Waals surface area contributed by atoms with E-state index >= 15 is 0 Å². The summed E-state index contributed by atoms with van der Waals surface area (Å²) in [5, 5.41) is 13.5. The van der Waals surface area contributed by atoms with Gasteiger partial charge in [-0.3, -0.25) is 4.79 Å². The maximum atomic E-state index is 11.3. The minimum Gasteiger partial charge on any atom is -0.480 e. The number of urea groups is 1. The minimum absolute atomic E-state index is 0.101. The topological polar surface area (TPSA) is 87.7 Å². The van der Waals surface area contributed by atoms with Gasteiger partial charge in [0.05, 0.1) is 12.6 Å². The number of carboxylic acids is 1. The van der Waals surface area contributed by atoms with E-state index in [-0.39, 0.29) is 6.04 Å². The number of hydrogen-bond donors (Lipinski definition) is 3. The molecule has 88 valence electrons. The molecule has 15 heavy (non-hydrogen) atoms. The maximum Gasteiger partial charge on any atom is 0.325 e. The number of carbonyl (C=O) groups is 2. The lowest BCUT2D eigenvalue weighted by Gasteiger charge is -2.17. The second-order valence-corrected chi connectivity index (χ2v) is 3.24. The molecule has 0 aromatic carbocycles. The van der Waals surface area contributed by atoms with Gasteiger partial charge in [-0.1, -0.05) is 6.92 Å². The molecule has 0 aliphatic rings. The fourth-order valence-corrected chi connectivity index (χ4v) is 0.948. The average molecular weight is 218 g/mol. The van der Waals surface area contributed by atoms with Crippen molar-refractivity contribution in [2.45, 2.75) is 32.4 Å². The summed E-state index contributed by atoms with van der Waals surface area (Å²) in [5.74, 6) is -1.06. The van der Waals surface area contributed by atoms with Crippen LogP contribution < -0.4 is 10.6 Å². The zero-order valence-corrected chi connectivity index (χ0v) is 9.24. The molecule has 0 spiro atoms. The fraction of sp³-hybridized carbons (Fsp3) is 0.778. The highest BCUT2D eigenvalue weighted by Crippen LogP contribution is 1.91. The number of aliphatic carboxylic acids is 1. The Labute approximate surface area is 89.0 Å². The summed E-state index contributed by atoms with van der Waals surface area (Å²) < 4.78 is 4.89. The van der Waals surface area contributed by atoms with Gasteiger partial charge in [-0.25, -0.2) is 4.79 Å². The van der Waals surface area contributed by atoms with E-state index in [4.69, 9.17) is 9.84 Å². The first-order valence-electron chi connectivity index (χ1n) is 4.80. The number of nitrogens with one attached hydrogen (secondary N) is 2. The lowest BCUT2D eigenvalue weighted by Crippen LogP contribution is -2.48. The Hall–Kier alpha value is -1.30. The fourth-order valence-electron chi connectivity index (χ4n) is 0.948. The number of hydrogen-bond acceptors (Lipinski definition) is 3. The van der Waals surface area contributed by atoms with Crippen LogP contribution in [-0.2, 0) is 9.53 Å². The first-order chi connectivity index (χ1) is 7.01. The number of carboxylic acid groups (broad SMARTS) is 1. The molecule has 0 saturated heterocycles. The third-order valence-electron chi connectivity index (χ3n) is 1.91. The standard InChI is InChI=1S/C9H18N2O4/c1-4-7(5-15-3)11-9(14)10-6(2)8(12)13/h6-7H,4-5H2,1-3H3,(H,12,13)(H2,10,11,14)/t6-,7?/m1/s1. The molecule has 0 aromatic heterocycles. The Morgan fingerprint density at radius 2 is 2.00 bits per heavy atom. The monoisotopic (exact) mass is 218 g/mol. The number of ether oxygens (including phenoxy) is 1. The summed E-state index contributed by atoms with van der Waals surface area (Å²) in [6.07, 6.45) is 0.725. The molecular weight excluding hydrogens is 200 g/mol. The Morgan fingerprint density at radius 3 is 2.40 bits per heavy atom. The molecule has 0 bridgehead atoms. The molecule has 0 aromatic rings. The van der Waals surface area contributed by atoms with Crippen molar-refractivity contribution in [3.8, 4) is 0 Å².